The summed E-state index contributed by atoms with van der Waals surface area (Å²) in [4.78, 5) is 30.3. The number of carbonyl (C=O) groups is 1. The lowest BCUT2D eigenvalue weighted by Crippen LogP contribution is -2.30. The maximum Gasteiger partial charge on any atom is 0.265 e. The molecule has 0 radical (unpaired) electrons. The number of nitrogens with one attached hydrogen (secondary N) is 1. The van der Waals surface area contributed by atoms with Crippen molar-refractivity contribution in [1.29, 1.82) is 0 Å². The summed E-state index contributed by atoms with van der Waals surface area (Å²) in [6.07, 6.45) is 3.33. The van der Waals surface area contributed by atoms with Crippen molar-refractivity contribution in [3.8, 4) is 5.69 Å². The van der Waals surface area contributed by atoms with E-state index in [1.54, 1.807) is 33.8 Å². The largest absolute Gasteiger partial charge is 0.467 e. The van der Waals surface area contributed by atoms with Gasteiger partial charge in [-0.2, -0.15) is 5.10 Å². The third kappa shape index (κ3) is 3.21. The molecular formula is C21H19N5O3S. The van der Waals surface area contributed by atoms with Crippen molar-refractivity contribution in [2.45, 2.75) is 31.1 Å². The Hall–Kier alpha value is -3.33. The highest BCUT2D eigenvalue weighted by atomic mass is 32.2. The first-order valence-corrected chi connectivity index (χ1v) is 10.6. The van der Waals surface area contributed by atoms with Crippen molar-refractivity contribution in [2.24, 2.45) is 0 Å². The molecule has 8 nitrogen and oxygen atoms in total. The molecule has 152 valence electrons. The standard InChI is InChI=1S/C21H19N5O3S/c1-13-5-2-3-7-17(13)26-19-16(11-23-26)20(28)25-14(12-30-21(25)24-19)9-18(27)22-10-15-6-4-8-29-15/h2-8,11,14H,9-10,12H2,1H3,(H,22,27). The van der Waals surface area contributed by atoms with E-state index in [1.807, 2.05) is 31.2 Å². The Balaban J connectivity index is 1.44. The number of hydrogen-bond acceptors (Lipinski definition) is 6. The number of aryl methyl sites for hydroxylation is 1. The first kappa shape index (κ1) is 18.7. The fourth-order valence-electron chi connectivity index (χ4n) is 3.64. The summed E-state index contributed by atoms with van der Waals surface area (Å²) >= 11 is 1.49. The van der Waals surface area contributed by atoms with Gasteiger partial charge < -0.3 is 9.73 Å². The van der Waals surface area contributed by atoms with Gasteiger partial charge in [0.05, 0.1) is 30.7 Å². The van der Waals surface area contributed by atoms with Gasteiger partial charge in [-0.15, -0.1) is 0 Å². The van der Waals surface area contributed by atoms with Gasteiger partial charge in [0.1, 0.15) is 11.1 Å². The molecule has 0 aliphatic carbocycles. The Labute approximate surface area is 175 Å². The summed E-state index contributed by atoms with van der Waals surface area (Å²) in [5, 5.41) is 8.32. The molecule has 4 heterocycles. The second kappa shape index (κ2) is 7.49. The molecule has 1 aliphatic heterocycles. The number of benzene rings is 1. The summed E-state index contributed by atoms with van der Waals surface area (Å²) in [5.74, 6) is 1.18. The topological polar surface area (TPSA) is 95.0 Å². The normalized spacial score (nSPS) is 15.4. The van der Waals surface area contributed by atoms with Gasteiger partial charge in [0.2, 0.25) is 5.91 Å². The number of fused-ring (bicyclic) bond motifs is 2. The van der Waals surface area contributed by atoms with Crippen molar-refractivity contribution < 1.29 is 9.21 Å². The first-order chi connectivity index (χ1) is 14.6. The summed E-state index contributed by atoms with van der Waals surface area (Å²) in [5.41, 5.74) is 2.31. The fraction of sp³-hybridized carbons (Fsp3) is 0.238. The van der Waals surface area contributed by atoms with Crippen LogP contribution >= 0.6 is 11.8 Å². The zero-order chi connectivity index (χ0) is 20.7. The lowest BCUT2D eigenvalue weighted by atomic mass is 10.2. The molecule has 1 unspecified atom stereocenters. The Morgan fingerprint density at radius 3 is 2.97 bits per heavy atom. The van der Waals surface area contributed by atoms with E-state index in [1.165, 1.54) is 11.8 Å². The van der Waals surface area contributed by atoms with Crippen molar-refractivity contribution >= 4 is 28.7 Å². The zero-order valence-electron chi connectivity index (χ0n) is 16.2. The summed E-state index contributed by atoms with van der Waals surface area (Å²) in [7, 11) is 0. The van der Waals surface area contributed by atoms with E-state index in [0.29, 0.717) is 34.2 Å². The molecular weight excluding hydrogens is 402 g/mol. The van der Waals surface area contributed by atoms with Crippen LogP contribution < -0.4 is 10.9 Å². The second-order valence-electron chi connectivity index (χ2n) is 7.17. The van der Waals surface area contributed by atoms with Gasteiger partial charge in [-0.1, -0.05) is 30.0 Å². The monoisotopic (exact) mass is 421 g/mol. The van der Waals surface area contributed by atoms with Crippen molar-refractivity contribution in [3.63, 3.8) is 0 Å². The Bertz CT molecular complexity index is 1290. The van der Waals surface area contributed by atoms with Gasteiger partial charge >= 0.3 is 0 Å². The predicted molar refractivity (Wildman–Crippen MR) is 113 cm³/mol. The number of amides is 1. The third-order valence-corrected chi connectivity index (χ3v) is 6.27. The van der Waals surface area contributed by atoms with Crippen LogP contribution in [0.3, 0.4) is 0 Å². The van der Waals surface area contributed by atoms with E-state index >= 15 is 0 Å². The Morgan fingerprint density at radius 2 is 2.17 bits per heavy atom. The molecule has 0 spiro atoms. The summed E-state index contributed by atoms with van der Waals surface area (Å²) in [6.45, 7) is 2.32. The van der Waals surface area contributed by atoms with Crippen LogP contribution in [0.4, 0.5) is 0 Å². The highest BCUT2D eigenvalue weighted by molar-refractivity contribution is 7.99. The van der Waals surface area contributed by atoms with Gasteiger partial charge in [-0.3, -0.25) is 14.2 Å². The number of carbonyl (C=O) groups excluding carboxylic acids is 1. The highest BCUT2D eigenvalue weighted by Gasteiger charge is 2.29. The van der Waals surface area contributed by atoms with E-state index in [2.05, 4.69) is 10.4 Å². The predicted octanol–water partition coefficient (Wildman–Crippen LogP) is 2.84. The Morgan fingerprint density at radius 1 is 1.30 bits per heavy atom. The fourth-order valence-corrected chi connectivity index (χ4v) is 4.77. The van der Waals surface area contributed by atoms with Gasteiger partial charge in [0.25, 0.3) is 5.56 Å². The van der Waals surface area contributed by atoms with E-state index in [0.717, 1.165) is 11.3 Å². The number of para-hydroxylation sites is 1. The van der Waals surface area contributed by atoms with Crippen LogP contribution in [0, 0.1) is 6.92 Å². The number of thioether (sulfide) groups is 1. The van der Waals surface area contributed by atoms with Crippen LogP contribution in [0.15, 0.2) is 63.2 Å². The Kier molecular flexibility index (Phi) is 4.66. The molecule has 30 heavy (non-hydrogen) atoms. The van der Waals surface area contributed by atoms with Gasteiger partial charge in [0.15, 0.2) is 10.8 Å². The smallest absolute Gasteiger partial charge is 0.265 e. The van der Waals surface area contributed by atoms with E-state index in [4.69, 9.17) is 9.40 Å². The van der Waals surface area contributed by atoms with Crippen LogP contribution in [0.25, 0.3) is 16.7 Å². The van der Waals surface area contributed by atoms with Crippen molar-refractivity contribution in [1.82, 2.24) is 24.6 Å². The molecule has 3 aromatic heterocycles. The van der Waals surface area contributed by atoms with Crippen LogP contribution in [-0.4, -0.2) is 31.0 Å². The van der Waals surface area contributed by atoms with Gasteiger partial charge in [-0.25, -0.2) is 9.67 Å². The molecule has 1 N–H and O–H groups in total. The lowest BCUT2D eigenvalue weighted by Gasteiger charge is -2.13. The first-order valence-electron chi connectivity index (χ1n) is 9.60. The van der Waals surface area contributed by atoms with Gasteiger partial charge in [0, 0.05) is 12.2 Å². The number of aromatic nitrogens is 4. The molecule has 9 heteroatoms. The molecule has 1 aliphatic rings. The molecule has 0 saturated heterocycles. The summed E-state index contributed by atoms with van der Waals surface area (Å²) in [6, 6.07) is 11.2. The molecule has 4 aromatic rings. The van der Waals surface area contributed by atoms with Crippen molar-refractivity contribution in [2.75, 3.05) is 5.75 Å². The van der Waals surface area contributed by atoms with E-state index in [9.17, 15) is 9.59 Å². The van der Waals surface area contributed by atoms with E-state index < -0.39 is 0 Å². The van der Waals surface area contributed by atoms with Crippen LogP contribution in [0.1, 0.15) is 23.8 Å². The minimum atomic E-state index is -0.243. The molecule has 0 saturated carbocycles. The number of furan rings is 1. The van der Waals surface area contributed by atoms with Crippen LogP contribution in [0.5, 0.6) is 0 Å². The van der Waals surface area contributed by atoms with E-state index in [-0.39, 0.29) is 23.9 Å². The summed E-state index contributed by atoms with van der Waals surface area (Å²) < 4.78 is 8.56. The van der Waals surface area contributed by atoms with Crippen LogP contribution in [0.2, 0.25) is 0 Å². The molecule has 5 rings (SSSR count). The molecule has 0 fully saturated rings. The average molecular weight is 421 g/mol. The number of rotatable bonds is 5. The maximum atomic E-state index is 13.2. The molecule has 1 atom stereocenters. The number of nitrogens with zero attached hydrogens (tertiary/aromatic N) is 4. The third-order valence-electron chi connectivity index (χ3n) is 5.18. The highest BCUT2D eigenvalue weighted by Crippen LogP contribution is 2.33. The molecule has 1 amide bonds. The average Bonchev–Trinajstić information content (AvgIpc) is 3.48. The molecule has 0 bridgehead atoms. The maximum absolute atomic E-state index is 13.2. The molecule has 1 aromatic carbocycles. The second-order valence-corrected chi connectivity index (χ2v) is 8.16. The SMILES string of the molecule is Cc1ccccc1-n1ncc2c(=O)n3c(nc21)SCC3CC(=O)NCc1ccco1. The van der Waals surface area contributed by atoms with Crippen molar-refractivity contribution in [3.05, 3.63) is 70.5 Å². The zero-order valence-corrected chi connectivity index (χ0v) is 17.1. The quantitative estimate of drug-likeness (QED) is 0.498. The minimum absolute atomic E-state index is 0.132. The minimum Gasteiger partial charge on any atom is -0.467 e. The number of hydrogen-bond donors (Lipinski definition) is 1. The van der Waals surface area contributed by atoms with Crippen LogP contribution in [-0.2, 0) is 11.3 Å². The lowest BCUT2D eigenvalue weighted by molar-refractivity contribution is -0.122. The van der Waals surface area contributed by atoms with Gasteiger partial charge in [-0.05, 0) is 30.7 Å².